The molecule has 2 rings (SSSR count). The van der Waals surface area contributed by atoms with E-state index in [9.17, 15) is 9.59 Å². The van der Waals surface area contributed by atoms with Gasteiger partial charge in [-0.05, 0) is 42.9 Å². The Labute approximate surface area is 124 Å². The quantitative estimate of drug-likeness (QED) is 0.644. The van der Waals surface area contributed by atoms with Gasteiger partial charge < -0.3 is 15.7 Å². The van der Waals surface area contributed by atoms with Crippen LogP contribution in [-0.4, -0.2) is 23.7 Å². The number of amides is 2. The molecule has 1 aromatic carbocycles. The highest BCUT2D eigenvalue weighted by Crippen LogP contribution is 2.33. The molecule has 5 heteroatoms. The van der Waals surface area contributed by atoms with Crippen LogP contribution < -0.4 is 10.6 Å². The van der Waals surface area contributed by atoms with Gasteiger partial charge in [0.05, 0.1) is 0 Å². The van der Waals surface area contributed by atoms with Crippen molar-refractivity contribution in [3.05, 3.63) is 29.8 Å². The topological polar surface area (TPSA) is 78.4 Å². The molecule has 0 atom stereocenters. The van der Waals surface area contributed by atoms with E-state index >= 15 is 0 Å². The fourth-order valence-corrected chi connectivity index (χ4v) is 2.18. The number of hydrogen-bond donors (Lipinski definition) is 3. The second-order valence-electron chi connectivity index (χ2n) is 5.56. The first-order valence-corrected chi connectivity index (χ1v) is 7.49. The fraction of sp³-hybridized carbons (Fsp3) is 0.500. The summed E-state index contributed by atoms with van der Waals surface area (Å²) >= 11 is 0. The summed E-state index contributed by atoms with van der Waals surface area (Å²) in [5.41, 5.74) is 1.67. The van der Waals surface area contributed by atoms with Gasteiger partial charge in [-0.2, -0.15) is 0 Å². The summed E-state index contributed by atoms with van der Waals surface area (Å²) in [6.45, 7) is 0.707. The summed E-state index contributed by atoms with van der Waals surface area (Å²) < 4.78 is 0. The smallest absolute Gasteiger partial charge is 0.319 e. The van der Waals surface area contributed by atoms with Crippen molar-refractivity contribution in [3.8, 4) is 0 Å². The van der Waals surface area contributed by atoms with E-state index < -0.39 is 5.97 Å². The third-order valence-corrected chi connectivity index (χ3v) is 3.61. The molecule has 1 fully saturated rings. The van der Waals surface area contributed by atoms with Crippen LogP contribution in [0.4, 0.5) is 10.5 Å². The van der Waals surface area contributed by atoms with Crippen molar-refractivity contribution in [1.29, 1.82) is 0 Å². The zero-order chi connectivity index (χ0) is 15.1. The van der Waals surface area contributed by atoms with E-state index in [1.807, 2.05) is 12.1 Å². The first-order chi connectivity index (χ1) is 10.1. The van der Waals surface area contributed by atoms with Crippen LogP contribution in [-0.2, 0) is 11.2 Å². The van der Waals surface area contributed by atoms with E-state index in [0.717, 1.165) is 17.9 Å². The predicted octanol–water partition coefficient (Wildman–Crippen LogP) is 3.02. The average molecular weight is 290 g/mol. The second-order valence-corrected chi connectivity index (χ2v) is 5.56. The summed E-state index contributed by atoms with van der Waals surface area (Å²) in [5, 5.41) is 14.2. The summed E-state index contributed by atoms with van der Waals surface area (Å²) in [6.07, 6.45) is 5.56. The number of carbonyl (C=O) groups excluding carboxylic acids is 1. The molecule has 1 aliphatic rings. The predicted molar refractivity (Wildman–Crippen MR) is 81.4 cm³/mol. The molecule has 0 unspecified atom stereocenters. The van der Waals surface area contributed by atoms with Gasteiger partial charge in [-0.15, -0.1) is 0 Å². The van der Waals surface area contributed by atoms with Gasteiger partial charge in [-0.25, -0.2) is 4.79 Å². The largest absolute Gasteiger partial charge is 0.481 e. The van der Waals surface area contributed by atoms with Crippen LogP contribution in [0.25, 0.3) is 0 Å². The molecular weight excluding hydrogens is 268 g/mol. The number of aliphatic carboxylic acids is 1. The fourth-order valence-electron chi connectivity index (χ4n) is 2.18. The molecule has 5 nitrogen and oxygen atoms in total. The monoisotopic (exact) mass is 290 g/mol. The third-order valence-electron chi connectivity index (χ3n) is 3.61. The summed E-state index contributed by atoms with van der Waals surface area (Å²) in [6, 6.07) is 7.07. The first kappa shape index (κ1) is 15.4. The van der Waals surface area contributed by atoms with E-state index in [0.29, 0.717) is 18.7 Å². The van der Waals surface area contributed by atoms with Crippen molar-refractivity contribution >= 4 is 17.7 Å². The molecule has 114 valence electrons. The van der Waals surface area contributed by atoms with Crippen LogP contribution in [0.2, 0.25) is 0 Å². The number of carboxylic acid groups (broad SMARTS) is 1. The number of urea groups is 1. The number of carboxylic acids is 1. The minimum absolute atomic E-state index is 0.119. The SMILES string of the molecule is O=C(O)CCc1ccc(NC(=O)NCCCC2CC2)cc1. The van der Waals surface area contributed by atoms with E-state index in [1.165, 1.54) is 19.3 Å². The average Bonchev–Trinajstić information content (AvgIpc) is 3.27. The summed E-state index contributed by atoms with van der Waals surface area (Å²) in [7, 11) is 0. The zero-order valence-electron chi connectivity index (χ0n) is 12.1. The molecule has 0 spiro atoms. The molecule has 1 saturated carbocycles. The first-order valence-electron chi connectivity index (χ1n) is 7.49. The lowest BCUT2D eigenvalue weighted by Gasteiger charge is -2.08. The van der Waals surface area contributed by atoms with Crippen molar-refractivity contribution in [2.45, 2.75) is 38.5 Å². The van der Waals surface area contributed by atoms with Crippen LogP contribution in [0.15, 0.2) is 24.3 Å². The van der Waals surface area contributed by atoms with Crippen molar-refractivity contribution in [1.82, 2.24) is 5.32 Å². The Morgan fingerprint density at radius 1 is 1.19 bits per heavy atom. The molecule has 0 heterocycles. The van der Waals surface area contributed by atoms with Crippen LogP contribution in [0.1, 0.15) is 37.7 Å². The molecule has 2 amide bonds. The molecular formula is C16H22N2O3. The van der Waals surface area contributed by atoms with E-state index in [-0.39, 0.29) is 12.5 Å². The highest BCUT2D eigenvalue weighted by Gasteiger charge is 2.20. The molecule has 0 aliphatic heterocycles. The van der Waals surface area contributed by atoms with E-state index in [2.05, 4.69) is 10.6 Å². The molecule has 0 saturated heterocycles. The maximum absolute atomic E-state index is 11.7. The molecule has 0 bridgehead atoms. The van der Waals surface area contributed by atoms with Crippen LogP contribution in [0.5, 0.6) is 0 Å². The number of hydrogen-bond acceptors (Lipinski definition) is 2. The Hall–Kier alpha value is -2.04. The zero-order valence-corrected chi connectivity index (χ0v) is 12.1. The lowest BCUT2D eigenvalue weighted by Crippen LogP contribution is -2.29. The lowest BCUT2D eigenvalue weighted by atomic mass is 10.1. The molecule has 0 aromatic heterocycles. The van der Waals surface area contributed by atoms with Gasteiger partial charge in [0.1, 0.15) is 0 Å². The maximum Gasteiger partial charge on any atom is 0.319 e. The Bertz CT molecular complexity index is 481. The molecule has 21 heavy (non-hydrogen) atoms. The van der Waals surface area contributed by atoms with Gasteiger partial charge in [-0.3, -0.25) is 4.79 Å². The molecule has 1 aromatic rings. The standard InChI is InChI=1S/C16H22N2O3/c19-15(20)10-7-13-5-8-14(9-6-13)18-16(21)17-11-1-2-12-3-4-12/h5-6,8-9,12H,1-4,7,10-11H2,(H,19,20)(H2,17,18,21). The van der Waals surface area contributed by atoms with Crippen molar-refractivity contribution in [2.75, 3.05) is 11.9 Å². The van der Waals surface area contributed by atoms with Gasteiger partial charge in [0.25, 0.3) is 0 Å². The van der Waals surface area contributed by atoms with Gasteiger partial charge in [0, 0.05) is 18.7 Å². The minimum Gasteiger partial charge on any atom is -0.481 e. The minimum atomic E-state index is -0.803. The molecule has 1 aliphatic carbocycles. The van der Waals surface area contributed by atoms with Crippen LogP contribution >= 0.6 is 0 Å². The maximum atomic E-state index is 11.7. The number of rotatable bonds is 8. The van der Waals surface area contributed by atoms with Crippen molar-refractivity contribution < 1.29 is 14.7 Å². The van der Waals surface area contributed by atoms with Crippen LogP contribution in [0, 0.1) is 5.92 Å². The second kappa shape index (κ2) is 7.67. The van der Waals surface area contributed by atoms with Crippen LogP contribution in [0.3, 0.4) is 0 Å². The number of anilines is 1. The highest BCUT2D eigenvalue weighted by molar-refractivity contribution is 5.89. The highest BCUT2D eigenvalue weighted by atomic mass is 16.4. The number of nitrogens with one attached hydrogen (secondary N) is 2. The Balaban J connectivity index is 1.66. The van der Waals surface area contributed by atoms with Crippen molar-refractivity contribution in [3.63, 3.8) is 0 Å². The van der Waals surface area contributed by atoms with Crippen molar-refractivity contribution in [2.24, 2.45) is 5.92 Å². The number of carbonyl (C=O) groups is 2. The summed E-state index contributed by atoms with van der Waals surface area (Å²) in [4.78, 5) is 22.2. The summed E-state index contributed by atoms with van der Waals surface area (Å²) in [5.74, 6) is 0.0935. The number of benzene rings is 1. The lowest BCUT2D eigenvalue weighted by molar-refractivity contribution is -0.136. The van der Waals surface area contributed by atoms with Gasteiger partial charge >= 0.3 is 12.0 Å². The van der Waals surface area contributed by atoms with Gasteiger partial charge in [0.15, 0.2) is 0 Å². The Morgan fingerprint density at radius 2 is 1.90 bits per heavy atom. The van der Waals surface area contributed by atoms with Gasteiger partial charge in [-0.1, -0.05) is 25.0 Å². The number of aryl methyl sites for hydroxylation is 1. The normalized spacial score (nSPS) is 13.7. The Kier molecular flexibility index (Phi) is 5.60. The van der Waals surface area contributed by atoms with E-state index in [1.54, 1.807) is 12.1 Å². The molecule has 3 N–H and O–H groups in total. The van der Waals surface area contributed by atoms with Gasteiger partial charge in [0.2, 0.25) is 0 Å². The Morgan fingerprint density at radius 3 is 2.52 bits per heavy atom. The third kappa shape index (κ3) is 6.29. The molecule has 0 radical (unpaired) electrons. The van der Waals surface area contributed by atoms with E-state index in [4.69, 9.17) is 5.11 Å².